The molecule has 2 aromatic rings. The molecule has 0 heterocycles. The minimum absolute atomic E-state index is 0.0711. The molecule has 27 heavy (non-hydrogen) atoms. The van der Waals surface area contributed by atoms with Crippen LogP contribution in [0.3, 0.4) is 0 Å². The van der Waals surface area contributed by atoms with Crippen LogP contribution in [-0.2, 0) is 11.2 Å². The number of carbonyl (C=O) groups is 1. The Labute approximate surface area is 154 Å². The van der Waals surface area contributed by atoms with E-state index in [1.165, 1.54) is 6.07 Å². The van der Waals surface area contributed by atoms with Gasteiger partial charge >= 0.3 is 12.1 Å². The number of hydrogen-bond donors (Lipinski definition) is 0. The van der Waals surface area contributed by atoms with Crippen LogP contribution in [0.4, 0.5) is 22.0 Å². The summed E-state index contributed by atoms with van der Waals surface area (Å²) in [6.45, 7) is 3.17. The third-order valence-electron chi connectivity index (χ3n) is 4.15. The Kier molecular flexibility index (Phi) is 6.57. The molecule has 0 aliphatic heterocycles. The number of benzene rings is 2. The van der Waals surface area contributed by atoms with E-state index in [4.69, 9.17) is 0 Å². The minimum Gasteiger partial charge on any atom is -0.423 e. The zero-order valence-electron chi connectivity index (χ0n) is 14.9. The Morgan fingerprint density at radius 1 is 1.00 bits per heavy atom. The number of aryl methyl sites for hydroxylation is 1. The van der Waals surface area contributed by atoms with Crippen LogP contribution in [0, 0.1) is 17.6 Å². The maximum Gasteiger partial charge on any atom is 0.402 e. The molecule has 0 radical (unpaired) electrons. The molecule has 0 saturated heterocycles. The van der Waals surface area contributed by atoms with Gasteiger partial charge in [-0.2, -0.15) is 17.6 Å². The number of halogens is 5. The summed E-state index contributed by atoms with van der Waals surface area (Å²) in [4.78, 5) is 11.7. The lowest BCUT2D eigenvalue weighted by Gasteiger charge is -2.17. The third kappa shape index (κ3) is 4.84. The first kappa shape index (κ1) is 20.9. The van der Waals surface area contributed by atoms with E-state index >= 15 is 0 Å². The summed E-state index contributed by atoms with van der Waals surface area (Å²) in [7, 11) is 0. The van der Waals surface area contributed by atoms with Crippen molar-refractivity contribution in [1.82, 2.24) is 0 Å². The van der Waals surface area contributed by atoms with Gasteiger partial charge in [0.2, 0.25) is 5.82 Å². The van der Waals surface area contributed by atoms with E-state index in [-0.39, 0.29) is 5.56 Å². The molecule has 0 bridgehead atoms. The van der Waals surface area contributed by atoms with Crippen molar-refractivity contribution in [3.05, 3.63) is 53.6 Å². The predicted octanol–water partition coefficient (Wildman–Crippen LogP) is 6.08. The largest absolute Gasteiger partial charge is 0.423 e. The monoisotopic (exact) mass is 386 g/mol. The van der Waals surface area contributed by atoms with Gasteiger partial charge in [0, 0.05) is 5.56 Å². The number of rotatable bonds is 6. The first-order valence-electron chi connectivity index (χ1n) is 8.54. The molecule has 2 rings (SSSR count). The standard InChI is InChI=1S/C20H19F5O2/c1-3-5-12-6-8-13(9-7-12)14-10-11-16(18(22)17(14)21)27-19(26)15(4-2)20(23,24)25/h6-11,15H,3-5H2,1-2H3. The second-order valence-corrected chi connectivity index (χ2v) is 6.11. The average molecular weight is 386 g/mol. The van der Waals surface area contributed by atoms with Crippen LogP contribution in [0.15, 0.2) is 36.4 Å². The number of esters is 1. The van der Waals surface area contributed by atoms with E-state index in [1.807, 2.05) is 6.92 Å². The number of hydrogen-bond acceptors (Lipinski definition) is 2. The van der Waals surface area contributed by atoms with Gasteiger partial charge in [-0.05, 0) is 36.1 Å². The Morgan fingerprint density at radius 2 is 1.63 bits per heavy atom. The highest BCUT2D eigenvalue weighted by Crippen LogP contribution is 2.33. The van der Waals surface area contributed by atoms with Gasteiger partial charge in [0.05, 0.1) is 0 Å². The third-order valence-corrected chi connectivity index (χ3v) is 4.15. The van der Waals surface area contributed by atoms with Crippen molar-refractivity contribution in [2.45, 2.75) is 39.3 Å². The number of ether oxygens (including phenoxy) is 1. The summed E-state index contributed by atoms with van der Waals surface area (Å²) in [5.41, 5.74) is 1.38. The molecule has 7 heteroatoms. The molecule has 0 amide bonds. The second-order valence-electron chi connectivity index (χ2n) is 6.11. The van der Waals surface area contributed by atoms with Crippen LogP contribution in [0.1, 0.15) is 32.3 Å². The van der Waals surface area contributed by atoms with E-state index < -0.39 is 41.9 Å². The molecule has 146 valence electrons. The van der Waals surface area contributed by atoms with Gasteiger partial charge in [0.1, 0.15) is 0 Å². The summed E-state index contributed by atoms with van der Waals surface area (Å²) in [6.07, 6.45) is -3.58. The first-order chi connectivity index (χ1) is 12.7. The Morgan fingerprint density at radius 3 is 2.15 bits per heavy atom. The molecule has 0 fully saturated rings. The van der Waals surface area contributed by atoms with Crippen LogP contribution < -0.4 is 4.74 Å². The van der Waals surface area contributed by atoms with Crippen LogP contribution in [0.5, 0.6) is 5.75 Å². The summed E-state index contributed by atoms with van der Waals surface area (Å²) in [5, 5.41) is 0. The van der Waals surface area contributed by atoms with Gasteiger partial charge in [-0.25, -0.2) is 4.39 Å². The fourth-order valence-electron chi connectivity index (χ4n) is 2.68. The maximum atomic E-state index is 14.4. The molecule has 0 aliphatic rings. The van der Waals surface area contributed by atoms with Crippen molar-refractivity contribution < 1.29 is 31.5 Å². The van der Waals surface area contributed by atoms with Gasteiger partial charge in [-0.15, -0.1) is 0 Å². The van der Waals surface area contributed by atoms with E-state index in [2.05, 4.69) is 4.74 Å². The normalized spacial score (nSPS) is 12.7. The van der Waals surface area contributed by atoms with E-state index in [1.54, 1.807) is 24.3 Å². The Balaban J connectivity index is 2.27. The lowest BCUT2D eigenvalue weighted by Crippen LogP contribution is -2.33. The molecule has 0 aliphatic carbocycles. The van der Waals surface area contributed by atoms with Crippen molar-refractivity contribution in [3.63, 3.8) is 0 Å². The van der Waals surface area contributed by atoms with Crippen molar-refractivity contribution in [2.24, 2.45) is 5.92 Å². The van der Waals surface area contributed by atoms with Gasteiger partial charge in [-0.3, -0.25) is 4.79 Å². The van der Waals surface area contributed by atoms with Crippen LogP contribution in [0.25, 0.3) is 11.1 Å². The van der Waals surface area contributed by atoms with Crippen molar-refractivity contribution in [3.8, 4) is 16.9 Å². The quantitative estimate of drug-likeness (QED) is 0.342. The Hall–Kier alpha value is -2.44. The molecule has 0 spiro atoms. The SMILES string of the molecule is CCCc1ccc(-c2ccc(OC(=O)C(CC)C(F)(F)F)c(F)c2F)cc1. The first-order valence-corrected chi connectivity index (χ1v) is 8.54. The summed E-state index contributed by atoms with van der Waals surface area (Å²) in [5.74, 6) is -7.73. The lowest BCUT2D eigenvalue weighted by molar-refractivity contribution is -0.192. The molecule has 2 aromatic carbocycles. The molecule has 1 atom stereocenters. The smallest absolute Gasteiger partial charge is 0.402 e. The van der Waals surface area contributed by atoms with Crippen LogP contribution in [0.2, 0.25) is 0 Å². The molecule has 1 unspecified atom stereocenters. The fourth-order valence-corrected chi connectivity index (χ4v) is 2.68. The van der Waals surface area contributed by atoms with Crippen LogP contribution >= 0.6 is 0 Å². The van der Waals surface area contributed by atoms with Gasteiger partial charge in [0.25, 0.3) is 0 Å². The molecular formula is C20H19F5O2. The molecule has 0 aromatic heterocycles. The fraction of sp³-hybridized carbons (Fsp3) is 0.350. The summed E-state index contributed by atoms with van der Waals surface area (Å²) >= 11 is 0. The van der Waals surface area contributed by atoms with Crippen LogP contribution in [-0.4, -0.2) is 12.1 Å². The lowest BCUT2D eigenvalue weighted by atomic mass is 10.0. The average Bonchev–Trinajstić information content (AvgIpc) is 2.60. The number of alkyl halides is 3. The summed E-state index contributed by atoms with van der Waals surface area (Å²) < 4.78 is 71.4. The molecule has 2 nitrogen and oxygen atoms in total. The van der Waals surface area contributed by atoms with Crippen molar-refractivity contribution >= 4 is 5.97 Å². The van der Waals surface area contributed by atoms with Gasteiger partial charge < -0.3 is 4.74 Å². The van der Waals surface area contributed by atoms with E-state index in [9.17, 15) is 26.7 Å². The van der Waals surface area contributed by atoms with E-state index in [0.29, 0.717) is 5.56 Å². The maximum absolute atomic E-state index is 14.4. The Bertz CT molecular complexity index is 797. The summed E-state index contributed by atoms with van der Waals surface area (Å²) in [6, 6.07) is 8.97. The van der Waals surface area contributed by atoms with Gasteiger partial charge in [0.15, 0.2) is 17.5 Å². The topological polar surface area (TPSA) is 26.3 Å². The highest BCUT2D eigenvalue weighted by molar-refractivity contribution is 5.76. The highest BCUT2D eigenvalue weighted by Gasteiger charge is 2.45. The molecule has 0 N–H and O–H groups in total. The zero-order valence-corrected chi connectivity index (χ0v) is 14.9. The van der Waals surface area contributed by atoms with Crippen molar-refractivity contribution in [1.29, 1.82) is 0 Å². The molecular weight excluding hydrogens is 367 g/mol. The van der Waals surface area contributed by atoms with Gasteiger partial charge in [-0.1, -0.05) is 44.5 Å². The second kappa shape index (κ2) is 8.50. The minimum atomic E-state index is -4.82. The molecule has 0 saturated carbocycles. The predicted molar refractivity (Wildman–Crippen MR) is 91.3 cm³/mol. The van der Waals surface area contributed by atoms with Crippen molar-refractivity contribution in [2.75, 3.05) is 0 Å². The number of carbonyl (C=O) groups excluding carboxylic acids is 1. The zero-order chi connectivity index (χ0) is 20.2. The van der Waals surface area contributed by atoms with E-state index in [0.717, 1.165) is 31.4 Å². The highest BCUT2D eigenvalue weighted by atomic mass is 19.4.